The molecule has 1 aromatic heterocycles. The van der Waals surface area contributed by atoms with Gasteiger partial charge in [-0.1, -0.05) is 0 Å². The summed E-state index contributed by atoms with van der Waals surface area (Å²) in [7, 11) is 0. The highest BCUT2D eigenvalue weighted by Gasteiger charge is 2.25. The molecule has 9 heteroatoms. The number of ether oxygens (including phenoxy) is 2. The number of aliphatic hydroxyl groups is 1. The molecule has 0 spiro atoms. The van der Waals surface area contributed by atoms with Crippen LogP contribution >= 0.6 is 0 Å². The Labute approximate surface area is 179 Å². The summed E-state index contributed by atoms with van der Waals surface area (Å²) < 4.78 is 16.2. The normalized spacial score (nSPS) is 21.3. The van der Waals surface area contributed by atoms with Crippen molar-refractivity contribution in [3.05, 3.63) is 24.2 Å². The van der Waals surface area contributed by atoms with Gasteiger partial charge in [0, 0.05) is 58.8 Å². The second-order valence-corrected chi connectivity index (χ2v) is 8.19. The van der Waals surface area contributed by atoms with Gasteiger partial charge in [0.2, 0.25) is 0 Å². The van der Waals surface area contributed by atoms with E-state index >= 15 is 0 Å². The number of guanidine groups is 1. The second-order valence-electron chi connectivity index (χ2n) is 8.19. The van der Waals surface area contributed by atoms with E-state index in [0.717, 1.165) is 83.8 Å². The number of furan rings is 1. The molecule has 0 bridgehead atoms. The number of morpholine rings is 2. The van der Waals surface area contributed by atoms with Crippen molar-refractivity contribution >= 4 is 5.96 Å². The molecule has 0 amide bonds. The lowest BCUT2D eigenvalue weighted by Crippen LogP contribution is -2.49. The number of β-amino-alcohol motifs (C(OH)–C–C–N with tert-alkyl or cyclic N) is 1. The Kier molecular flexibility index (Phi) is 9.41. The molecule has 2 aliphatic rings. The quantitative estimate of drug-likeness (QED) is 0.351. The van der Waals surface area contributed by atoms with Gasteiger partial charge in [0.1, 0.15) is 5.76 Å². The van der Waals surface area contributed by atoms with Crippen LogP contribution in [0.15, 0.2) is 27.8 Å². The van der Waals surface area contributed by atoms with Crippen molar-refractivity contribution in [3.8, 4) is 0 Å². The number of aliphatic imine (C=N–C) groups is 1. The van der Waals surface area contributed by atoms with Gasteiger partial charge >= 0.3 is 0 Å². The van der Waals surface area contributed by atoms with Gasteiger partial charge in [-0.15, -0.1) is 0 Å². The summed E-state index contributed by atoms with van der Waals surface area (Å²) in [5.74, 6) is 1.66. The zero-order chi connectivity index (χ0) is 21.1. The first-order valence-electron chi connectivity index (χ1n) is 11.0. The van der Waals surface area contributed by atoms with Crippen LogP contribution in [0.5, 0.6) is 0 Å². The van der Waals surface area contributed by atoms with Gasteiger partial charge in [-0.25, -0.2) is 0 Å². The summed E-state index contributed by atoms with van der Waals surface area (Å²) in [6.07, 6.45) is 2.47. The van der Waals surface area contributed by atoms with Gasteiger partial charge in [0.05, 0.1) is 44.8 Å². The van der Waals surface area contributed by atoms with E-state index in [2.05, 4.69) is 25.4 Å². The first kappa shape index (κ1) is 23.0. The molecule has 3 rings (SSSR count). The van der Waals surface area contributed by atoms with Crippen LogP contribution in [0.2, 0.25) is 0 Å². The molecular formula is C21H37N5O4. The van der Waals surface area contributed by atoms with Crippen LogP contribution in [-0.2, 0) is 15.9 Å². The van der Waals surface area contributed by atoms with Gasteiger partial charge < -0.3 is 29.6 Å². The molecule has 0 aliphatic carbocycles. The van der Waals surface area contributed by atoms with Gasteiger partial charge in [-0.2, -0.15) is 0 Å². The molecule has 0 radical (unpaired) electrons. The smallest absolute Gasteiger partial charge is 0.191 e. The molecule has 170 valence electrons. The molecular weight excluding hydrogens is 386 g/mol. The molecule has 9 nitrogen and oxygen atoms in total. The summed E-state index contributed by atoms with van der Waals surface area (Å²) in [6, 6.07) is 3.87. The topological polar surface area (TPSA) is 94.7 Å². The van der Waals surface area contributed by atoms with E-state index in [1.54, 1.807) is 6.26 Å². The SMILES string of the molecule is CC(O)(CN=C(NCCc1ccco1)NCCN1CCOCC1)CN1CCOCC1. The summed E-state index contributed by atoms with van der Waals surface area (Å²) >= 11 is 0. The molecule has 1 atom stereocenters. The number of hydrogen-bond donors (Lipinski definition) is 3. The maximum Gasteiger partial charge on any atom is 0.191 e. The molecule has 3 heterocycles. The van der Waals surface area contributed by atoms with E-state index in [9.17, 15) is 5.11 Å². The molecule has 0 saturated carbocycles. The summed E-state index contributed by atoms with van der Waals surface area (Å²) in [6.45, 7) is 11.9. The highest BCUT2D eigenvalue weighted by atomic mass is 16.5. The van der Waals surface area contributed by atoms with E-state index in [1.807, 2.05) is 19.1 Å². The molecule has 3 N–H and O–H groups in total. The van der Waals surface area contributed by atoms with Crippen molar-refractivity contribution in [2.24, 2.45) is 4.99 Å². The Morgan fingerprint density at radius 2 is 1.73 bits per heavy atom. The predicted molar refractivity (Wildman–Crippen MR) is 116 cm³/mol. The zero-order valence-electron chi connectivity index (χ0n) is 18.1. The Morgan fingerprint density at radius 3 is 2.40 bits per heavy atom. The van der Waals surface area contributed by atoms with Crippen molar-refractivity contribution in [3.63, 3.8) is 0 Å². The highest BCUT2D eigenvalue weighted by molar-refractivity contribution is 5.79. The third-order valence-corrected chi connectivity index (χ3v) is 5.31. The summed E-state index contributed by atoms with van der Waals surface area (Å²) in [5.41, 5.74) is -0.892. The highest BCUT2D eigenvalue weighted by Crippen LogP contribution is 2.09. The maximum absolute atomic E-state index is 10.8. The van der Waals surface area contributed by atoms with Crippen LogP contribution in [0, 0.1) is 0 Å². The average molecular weight is 424 g/mol. The molecule has 1 unspecified atom stereocenters. The Balaban J connectivity index is 1.48. The van der Waals surface area contributed by atoms with Crippen LogP contribution in [0.25, 0.3) is 0 Å². The molecule has 30 heavy (non-hydrogen) atoms. The van der Waals surface area contributed by atoms with E-state index in [0.29, 0.717) is 19.6 Å². The van der Waals surface area contributed by atoms with Crippen molar-refractivity contribution < 1.29 is 19.0 Å². The molecule has 1 aromatic rings. The molecule has 2 saturated heterocycles. The second kappa shape index (κ2) is 12.3. The predicted octanol–water partition coefficient (Wildman–Crippen LogP) is -0.227. The summed E-state index contributed by atoms with van der Waals surface area (Å²) in [5, 5.41) is 17.6. The Bertz CT molecular complexity index is 611. The van der Waals surface area contributed by atoms with Crippen molar-refractivity contribution in [1.82, 2.24) is 20.4 Å². The standard InChI is InChI=1S/C21H37N5O4/c1-21(27,18-26-10-15-29-16-11-26)17-24-20(22-5-4-19-3-2-12-30-19)23-6-7-25-8-13-28-14-9-25/h2-3,12,27H,4-11,13-18H2,1H3,(H2,22,23,24). The van der Waals surface area contributed by atoms with Crippen LogP contribution in [0.1, 0.15) is 12.7 Å². The van der Waals surface area contributed by atoms with Crippen LogP contribution in [0.4, 0.5) is 0 Å². The van der Waals surface area contributed by atoms with Gasteiger partial charge in [0.25, 0.3) is 0 Å². The van der Waals surface area contributed by atoms with E-state index in [4.69, 9.17) is 13.9 Å². The summed E-state index contributed by atoms with van der Waals surface area (Å²) in [4.78, 5) is 9.29. The fraction of sp³-hybridized carbons (Fsp3) is 0.762. The van der Waals surface area contributed by atoms with Gasteiger partial charge in [0.15, 0.2) is 5.96 Å². The lowest BCUT2D eigenvalue weighted by molar-refractivity contribution is -0.0180. The van der Waals surface area contributed by atoms with E-state index in [-0.39, 0.29) is 0 Å². The Morgan fingerprint density at radius 1 is 1.07 bits per heavy atom. The number of nitrogens with zero attached hydrogens (tertiary/aromatic N) is 3. The minimum Gasteiger partial charge on any atom is -0.469 e. The Hall–Kier alpha value is -1.65. The zero-order valence-corrected chi connectivity index (χ0v) is 18.1. The van der Waals surface area contributed by atoms with Gasteiger partial charge in [-0.3, -0.25) is 14.8 Å². The third-order valence-electron chi connectivity index (χ3n) is 5.31. The van der Waals surface area contributed by atoms with Crippen LogP contribution < -0.4 is 10.6 Å². The first-order valence-corrected chi connectivity index (χ1v) is 11.0. The van der Waals surface area contributed by atoms with Crippen molar-refractivity contribution in [2.45, 2.75) is 18.9 Å². The molecule has 2 aliphatic heterocycles. The lowest BCUT2D eigenvalue weighted by Gasteiger charge is -2.33. The number of hydrogen-bond acceptors (Lipinski definition) is 7. The molecule has 0 aromatic carbocycles. The number of nitrogens with one attached hydrogen (secondary N) is 2. The minimum absolute atomic E-state index is 0.331. The largest absolute Gasteiger partial charge is 0.469 e. The third kappa shape index (κ3) is 8.61. The fourth-order valence-electron chi connectivity index (χ4n) is 3.63. The van der Waals surface area contributed by atoms with Crippen LogP contribution in [0.3, 0.4) is 0 Å². The first-order chi connectivity index (χ1) is 14.6. The number of rotatable bonds is 10. The maximum atomic E-state index is 10.8. The van der Waals surface area contributed by atoms with Crippen molar-refractivity contribution in [1.29, 1.82) is 0 Å². The lowest BCUT2D eigenvalue weighted by atomic mass is 10.1. The fourth-order valence-corrected chi connectivity index (χ4v) is 3.63. The monoisotopic (exact) mass is 423 g/mol. The van der Waals surface area contributed by atoms with Crippen LogP contribution in [-0.4, -0.2) is 112 Å². The van der Waals surface area contributed by atoms with Gasteiger partial charge in [-0.05, 0) is 19.1 Å². The van der Waals surface area contributed by atoms with Crippen molar-refractivity contribution in [2.75, 3.05) is 85.3 Å². The molecule has 2 fully saturated rings. The van der Waals surface area contributed by atoms with E-state index in [1.165, 1.54) is 0 Å². The average Bonchev–Trinajstić information content (AvgIpc) is 3.26. The minimum atomic E-state index is -0.892. The van der Waals surface area contributed by atoms with E-state index < -0.39 is 5.60 Å².